The topological polar surface area (TPSA) is 46.6 Å². The number of hydrogen-bond acceptors (Lipinski definition) is 3. The fraction of sp³-hybridized carbons (Fsp3) is 0.400. The third-order valence-electron chi connectivity index (χ3n) is 2.07. The fourth-order valence-electron chi connectivity index (χ4n) is 1.30. The van der Waals surface area contributed by atoms with Crippen LogP contribution in [-0.2, 0) is 14.3 Å². The van der Waals surface area contributed by atoms with Crippen molar-refractivity contribution in [3.05, 3.63) is 23.4 Å². The predicted octanol–water partition coefficient (Wildman–Crippen LogP) is 1.42. The van der Waals surface area contributed by atoms with Crippen LogP contribution in [0.15, 0.2) is 23.4 Å². The molecule has 0 aromatic rings. The van der Waals surface area contributed by atoms with Gasteiger partial charge in [0.15, 0.2) is 5.03 Å². The van der Waals surface area contributed by atoms with E-state index in [2.05, 4.69) is 6.58 Å². The zero-order valence-corrected chi connectivity index (χ0v) is 9.21. The molecule has 0 bridgehead atoms. The van der Waals surface area contributed by atoms with Crippen LogP contribution in [0.5, 0.6) is 0 Å². The minimum absolute atomic E-state index is 0.0692. The molecule has 0 aromatic heterocycles. The first-order valence-corrected chi connectivity index (χ1v) is 4.92. The molecule has 1 aliphatic rings. The summed E-state index contributed by atoms with van der Waals surface area (Å²) in [6.45, 7) is 3.90. The maximum Gasteiger partial charge on any atom is 0.297 e. The second kappa shape index (κ2) is 4.98. The Morgan fingerprint density at radius 3 is 2.60 bits per heavy atom. The van der Waals surface area contributed by atoms with Gasteiger partial charge in [-0.1, -0.05) is 17.7 Å². The fourth-order valence-corrected chi connectivity index (χ4v) is 1.56. The molecule has 0 saturated carbocycles. The van der Waals surface area contributed by atoms with E-state index in [1.54, 1.807) is 6.08 Å². The monoisotopic (exact) mass is 229 g/mol. The Hall–Kier alpha value is -1.29. The summed E-state index contributed by atoms with van der Waals surface area (Å²) in [6, 6.07) is 0. The Morgan fingerprint density at radius 2 is 2.13 bits per heavy atom. The second-order valence-electron chi connectivity index (χ2n) is 3.04. The second-order valence-corrected chi connectivity index (χ2v) is 3.42. The number of carbonyl (C=O) groups excluding carboxylic acids is 2. The highest BCUT2D eigenvalue weighted by Gasteiger charge is 2.38. The van der Waals surface area contributed by atoms with Gasteiger partial charge < -0.3 is 4.74 Å². The Balaban J connectivity index is 2.68. The van der Waals surface area contributed by atoms with Crippen LogP contribution in [0.25, 0.3) is 0 Å². The van der Waals surface area contributed by atoms with E-state index >= 15 is 0 Å². The number of allylic oxidation sites excluding steroid dienone is 1. The van der Waals surface area contributed by atoms with Crippen LogP contribution in [0.1, 0.15) is 12.8 Å². The van der Waals surface area contributed by atoms with Crippen molar-refractivity contribution in [1.82, 2.24) is 4.90 Å². The van der Waals surface area contributed by atoms with Gasteiger partial charge >= 0.3 is 0 Å². The molecule has 0 unspecified atom stereocenters. The van der Waals surface area contributed by atoms with Crippen LogP contribution in [0.3, 0.4) is 0 Å². The molecule has 1 heterocycles. The van der Waals surface area contributed by atoms with Crippen LogP contribution >= 0.6 is 11.6 Å². The molecule has 2 amide bonds. The summed E-state index contributed by atoms with van der Waals surface area (Å²) in [4.78, 5) is 24.1. The summed E-state index contributed by atoms with van der Waals surface area (Å²) in [5.74, 6) is -1.01. The lowest BCUT2D eigenvalue weighted by atomic mass is 10.3. The molecular weight excluding hydrogens is 218 g/mol. The molecule has 1 rings (SSSR count). The number of ether oxygens (including phenoxy) is 1. The maximum absolute atomic E-state index is 11.6. The summed E-state index contributed by atoms with van der Waals surface area (Å²) in [5.41, 5.74) is 0. The van der Waals surface area contributed by atoms with Crippen LogP contribution in [0.2, 0.25) is 0 Å². The van der Waals surface area contributed by atoms with E-state index in [1.165, 1.54) is 7.11 Å². The molecule has 5 heteroatoms. The van der Waals surface area contributed by atoms with Crippen molar-refractivity contribution in [3.63, 3.8) is 0 Å². The first-order chi connectivity index (χ1) is 7.13. The number of halogens is 1. The summed E-state index contributed by atoms with van der Waals surface area (Å²) < 4.78 is 4.76. The van der Waals surface area contributed by atoms with E-state index in [0.29, 0.717) is 13.0 Å². The predicted molar refractivity (Wildman–Crippen MR) is 56.0 cm³/mol. The minimum atomic E-state index is -0.484. The number of carbonyl (C=O) groups is 2. The third kappa shape index (κ3) is 2.21. The molecule has 4 nitrogen and oxygen atoms in total. The van der Waals surface area contributed by atoms with Gasteiger partial charge in [-0.2, -0.15) is 0 Å². The van der Waals surface area contributed by atoms with Crippen LogP contribution in [-0.4, -0.2) is 30.4 Å². The highest BCUT2D eigenvalue weighted by Crippen LogP contribution is 2.24. The molecule has 0 radical (unpaired) electrons. The molecule has 15 heavy (non-hydrogen) atoms. The summed E-state index contributed by atoms with van der Waals surface area (Å²) in [6.07, 6.45) is 3.16. The van der Waals surface area contributed by atoms with E-state index in [4.69, 9.17) is 16.3 Å². The number of rotatable bonds is 5. The molecule has 0 aromatic carbocycles. The normalized spacial score (nSPS) is 16.3. The van der Waals surface area contributed by atoms with Crippen molar-refractivity contribution >= 4 is 23.4 Å². The Kier molecular flexibility index (Phi) is 3.91. The van der Waals surface area contributed by atoms with E-state index in [9.17, 15) is 9.59 Å². The average Bonchev–Trinajstić information content (AvgIpc) is 2.42. The van der Waals surface area contributed by atoms with Crippen molar-refractivity contribution in [3.8, 4) is 0 Å². The van der Waals surface area contributed by atoms with E-state index in [-0.39, 0.29) is 10.8 Å². The van der Waals surface area contributed by atoms with Gasteiger partial charge in [-0.15, -0.1) is 6.58 Å². The standard InChI is InChI=1S/C10H12ClNO3/c1-3-4-5-6-12-9(13)7(11)8(15-2)10(12)14/h3H,1,4-6H2,2H3. The van der Waals surface area contributed by atoms with Gasteiger partial charge in [0.2, 0.25) is 5.76 Å². The zero-order valence-electron chi connectivity index (χ0n) is 8.46. The molecule has 0 saturated heterocycles. The summed E-state index contributed by atoms with van der Waals surface area (Å²) >= 11 is 5.65. The first kappa shape index (κ1) is 11.8. The number of imide groups is 1. The first-order valence-electron chi connectivity index (χ1n) is 4.54. The van der Waals surface area contributed by atoms with Gasteiger partial charge in [-0.05, 0) is 12.8 Å². The Bertz CT molecular complexity index is 336. The number of nitrogens with zero attached hydrogens (tertiary/aromatic N) is 1. The lowest BCUT2D eigenvalue weighted by molar-refractivity contribution is -0.138. The Morgan fingerprint density at radius 1 is 1.47 bits per heavy atom. The average molecular weight is 230 g/mol. The highest BCUT2D eigenvalue weighted by molar-refractivity contribution is 6.47. The molecule has 0 atom stereocenters. The van der Waals surface area contributed by atoms with Crippen molar-refractivity contribution < 1.29 is 14.3 Å². The van der Waals surface area contributed by atoms with Gasteiger partial charge in [-0.3, -0.25) is 14.5 Å². The van der Waals surface area contributed by atoms with Crippen molar-refractivity contribution in [2.75, 3.05) is 13.7 Å². The minimum Gasteiger partial charge on any atom is -0.490 e. The van der Waals surface area contributed by atoms with Gasteiger partial charge in [0, 0.05) is 6.54 Å². The van der Waals surface area contributed by atoms with E-state index < -0.39 is 11.8 Å². The van der Waals surface area contributed by atoms with Gasteiger partial charge in [0.25, 0.3) is 11.8 Å². The number of unbranched alkanes of at least 4 members (excludes halogenated alkanes) is 1. The molecule has 0 N–H and O–H groups in total. The highest BCUT2D eigenvalue weighted by atomic mass is 35.5. The van der Waals surface area contributed by atoms with Crippen LogP contribution < -0.4 is 0 Å². The molecule has 82 valence electrons. The Labute approximate surface area is 93.1 Å². The molecule has 0 fully saturated rings. The lowest BCUT2D eigenvalue weighted by Gasteiger charge is -2.12. The van der Waals surface area contributed by atoms with Crippen LogP contribution in [0, 0.1) is 0 Å². The zero-order chi connectivity index (χ0) is 11.4. The lowest BCUT2D eigenvalue weighted by Crippen LogP contribution is -2.32. The molecule has 0 aliphatic carbocycles. The van der Waals surface area contributed by atoms with Gasteiger partial charge in [0.05, 0.1) is 7.11 Å². The maximum atomic E-state index is 11.6. The smallest absolute Gasteiger partial charge is 0.297 e. The van der Waals surface area contributed by atoms with Gasteiger partial charge in [0.1, 0.15) is 0 Å². The number of hydrogen-bond donors (Lipinski definition) is 0. The summed E-state index contributed by atoms with van der Waals surface area (Å²) in [5, 5.41) is -0.138. The SMILES string of the molecule is C=CCCCN1C(=O)C(Cl)=C(OC)C1=O. The quantitative estimate of drug-likeness (QED) is 0.407. The largest absolute Gasteiger partial charge is 0.490 e. The molecule has 1 aliphatic heterocycles. The third-order valence-corrected chi connectivity index (χ3v) is 2.40. The van der Waals surface area contributed by atoms with Gasteiger partial charge in [-0.25, -0.2) is 0 Å². The molecular formula is C10H12ClNO3. The molecule has 0 spiro atoms. The van der Waals surface area contributed by atoms with Crippen LogP contribution in [0.4, 0.5) is 0 Å². The van der Waals surface area contributed by atoms with Crippen molar-refractivity contribution in [1.29, 1.82) is 0 Å². The number of amides is 2. The van der Waals surface area contributed by atoms with E-state index in [0.717, 1.165) is 11.3 Å². The van der Waals surface area contributed by atoms with E-state index in [1.807, 2.05) is 0 Å². The number of methoxy groups -OCH3 is 1. The van der Waals surface area contributed by atoms with Crippen molar-refractivity contribution in [2.24, 2.45) is 0 Å². The van der Waals surface area contributed by atoms with Crippen molar-refractivity contribution in [2.45, 2.75) is 12.8 Å². The summed E-state index contributed by atoms with van der Waals surface area (Å²) in [7, 11) is 1.32.